The average Bonchev–Trinajstić information content (AvgIpc) is 2.76. The van der Waals surface area contributed by atoms with E-state index >= 15 is 0 Å². The molecule has 32 heavy (non-hydrogen) atoms. The Balaban J connectivity index is 0.00000289. The second-order valence-electron chi connectivity index (χ2n) is 7.49. The van der Waals surface area contributed by atoms with E-state index in [9.17, 15) is 13.6 Å². The minimum Gasteiger partial charge on any atom is -1.00 e. The van der Waals surface area contributed by atoms with Gasteiger partial charge in [0.15, 0.2) is 0 Å². The van der Waals surface area contributed by atoms with Gasteiger partial charge in [-0.05, 0) is 60.7 Å². The minimum absolute atomic E-state index is 0. The summed E-state index contributed by atoms with van der Waals surface area (Å²) in [4.78, 5) is 19.7. The van der Waals surface area contributed by atoms with Gasteiger partial charge >= 0.3 is 0 Å². The number of amides is 1. The van der Waals surface area contributed by atoms with Crippen molar-refractivity contribution in [3.8, 4) is 0 Å². The van der Waals surface area contributed by atoms with E-state index in [0.717, 1.165) is 11.1 Å². The number of carbonyl (C=O) groups is 1. The number of pyridine rings is 1. The number of benzene rings is 2. The largest absolute Gasteiger partial charge is 1.00 e. The van der Waals surface area contributed by atoms with Crippen LogP contribution in [0.25, 0.3) is 0 Å². The van der Waals surface area contributed by atoms with Crippen LogP contribution in [0.2, 0.25) is 10.3 Å². The molecular weight excluding hydrogens is 479 g/mol. The molecule has 1 aromatic heterocycles. The summed E-state index contributed by atoms with van der Waals surface area (Å²) in [5.41, 5.74) is 2.29. The summed E-state index contributed by atoms with van der Waals surface area (Å²) in [5, 5.41) is 0.348. The summed E-state index contributed by atoms with van der Waals surface area (Å²) < 4.78 is 27.0. The number of hydrogen-bond acceptors (Lipinski definition) is 2. The first kappa shape index (κ1) is 24.4. The van der Waals surface area contributed by atoms with Crippen LogP contribution in [0.15, 0.2) is 60.7 Å². The Bertz CT molecular complexity index is 1010. The van der Waals surface area contributed by atoms with Crippen LogP contribution in [0.3, 0.4) is 0 Å². The summed E-state index contributed by atoms with van der Waals surface area (Å²) >= 11 is 11.9. The fourth-order valence-electron chi connectivity index (χ4n) is 4.03. The maximum Gasteiger partial charge on any atom is 0.254 e. The molecule has 0 saturated carbocycles. The van der Waals surface area contributed by atoms with Gasteiger partial charge in [0.05, 0.1) is 26.2 Å². The number of hydrogen-bond donors (Lipinski definition) is 1. The lowest BCUT2D eigenvalue weighted by molar-refractivity contribution is -0.929. The minimum atomic E-state index is -0.304. The van der Waals surface area contributed by atoms with Crippen LogP contribution in [0, 0.1) is 11.6 Å². The van der Waals surface area contributed by atoms with Crippen LogP contribution in [0.1, 0.15) is 27.5 Å². The Hall–Kier alpha value is -2.25. The lowest BCUT2D eigenvalue weighted by Crippen LogP contribution is -3.15. The van der Waals surface area contributed by atoms with E-state index in [4.69, 9.17) is 23.2 Å². The van der Waals surface area contributed by atoms with Crippen molar-refractivity contribution in [3.05, 3.63) is 99.3 Å². The average molecular weight is 499 g/mol. The Morgan fingerprint density at radius 1 is 0.875 bits per heavy atom. The zero-order valence-corrected chi connectivity index (χ0v) is 19.1. The van der Waals surface area contributed by atoms with Gasteiger partial charge in [-0.1, -0.05) is 23.2 Å². The van der Waals surface area contributed by atoms with Crippen molar-refractivity contribution in [2.45, 2.75) is 6.04 Å². The maximum absolute atomic E-state index is 13.5. The summed E-state index contributed by atoms with van der Waals surface area (Å²) in [7, 11) is 0. The molecule has 0 aliphatic carbocycles. The highest BCUT2D eigenvalue weighted by molar-refractivity contribution is 6.33. The van der Waals surface area contributed by atoms with E-state index in [1.165, 1.54) is 41.3 Å². The molecule has 0 radical (unpaired) electrons. The van der Waals surface area contributed by atoms with E-state index in [2.05, 4.69) is 4.98 Å². The number of nitrogens with zero attached hydrogens (tertiary/aromatic N) is 2. The number of halogens is 5. The van der Waals surface area contributed by atoms with Crippen molar-refractivity contribution >= 4 is 29.1 Å². The number of rotatable bonds is 4. The van der Waals surface area contributed by atoms with Gasteiger partial charge in [0.1, 0.15) is 28.0 Å². The number of carbonyl (C=O) groups excluding carboxylic acids is 1. The smallest absolute Gasteiger partial charge is 0.254 e. The molecule has 2 aromatic carbocycles. The molecule has 2 heterocycles. The molecule has 1 aliphatic heterocycles. The molecule has 9 heteroatoms. The second-order valence-corrected chi connectivity index (χ2v) is 8.26. The number of piperazine rings is 1. The predicted octanol–water partition coefficient (Wildman–Crippen LogP) is 0.801. The quantitative estimate of drug-likeness (QED) is 0.541. The third kappa shape index (κ3) is 5.56. The van der Waals surface area contributed by atoms with Gasteiger partial charge < -0.3 is 22.2 Å². The molecule has 1 aliphatic rings. The normalized spacial score (nSPS) is 14.3. The Morgan fingerprint density at radius 2 is 1.31 bits per heavy atom. The van der Waals surface area contributed by atoms with Gasteiger partial charge in [-0.15, -0.1) is 0 Å². The zero-order chi connectivity index (χ0) is 22.0. The maximum atomic E-state index is 13.5. The number of aromatic nitrogens is 1. The van der Waals surface area contributed by atoms with Crippen LogP contribution in [0.5, 0.6) is 0 Å². The van der Waals surface area contributed by atoms with E-state index in [1.54, 1.807) is 29.2 Å². The highest BCUT2D eigenvalue weighted by Gasteiger charge is 2.32. The highest BCUT2D eigenvalue weighted by Crippen LogP contribution is 2.21. The lowest BCUT2D eigenvalue weighted by atomic mass is 9.96. The Labute approximate surface area is 201 Å². The predicted molar refractivity (Wildman–Crippen MR) is 116 cm³/mol. The zero-order valence-electron chi connectivity index (χ0n) is 16.9. The molecule has 1 N–H and O–H groups in total. The van der Waals surface area contributed by atoms with Gasteiger partial charge in [-0.25, -0.2) is 13.8 Å². The van der Waals surface area contributed by atoms with E-state index in [-0.39, 0.29) is 46.3 Å². The van der Waals surface area contributed by atoms with E-state index < -0.39 is 0 Å². The van der Waals surface area contributed by atoms with Crippen LogP contribution in [0.4, 0.5) is 8.78 Å². The molecule has 0 spiro atoms. The van der Waals surface area contributed by atoms with Crippen molar-refractivity contribution < 1.29 is 30.9 Å². The third-order valence-corrected chi connectivity index (χ3v) is 5.90. The molecule has 4 rings (SSSR count). The fourth-order valence-corrected chi connectivity index (χ4v) is 4.49. The standard InChI is InChI=1S/C23H19Cl2F2N3O.ClH/c24-20-13-17(14-21(25)28-20)23(31)30-11-9-29(10-12-30)22(15-1-5-18(26)6-2-15)16-3-7-19(27)8-4-16;/h1-8,13-14,22H,9-12H2;1H. The summed E-state index contributed by atoms with van der Waals surface area (Å²) in [6.07, 6.45) is 0. The fraction of sp³-hybridized carbons (Fsp3) is 0.217. The Kier molecular flexibility index (Phi) is 8.06. The molecule has 1 amide bonds. The molecule has 168 valence electrons. The van der Waals surface area contributed by atoms with Crippen molar-refractivity contribution in [1.82, 2.24) is 9.88 Å². The summed E-state index contributed by atoms with van der Waals surface area (Å²) in [5.74, 6) is -0.756. The van der Waals surface area contributed by atoms with Crippen molar-refractivity contribution in [1.29, 1.82) is 0 Å². The topological polar surface area (TPSA) is 37.6 Å². The highest BCUT2D eigenvalue weighted by atomic mass is 35.5. The first-order valence-corrected chi connectivity index (χ1v) is 10.6. The van der Waals surface area contributed by atoms with Gasteiger partial charge in [0.25, 0.3) is 5.91 Å². The molecular formula is C23H20Cl3F2N3O. The first-order chi connectivity index (χ1) is 14.9. The molecule has 0 bridgehead atoms. The van der Waals surface area contributed by atoms with Crippen molar-refractivity contribution in [2.75, 3.05) is 26.2 Å². The lowest BCUT2D eigenvalue weighted by Gasteiger charge is -2.37. The van der Waals surface area contributed by atoms with E-state index in [0.29, 0.717) is 31.7 Å². The molecule has 0 unspecified atom stereocenters. The summed E-state index contributed by atoms with van der Waals surface area (Å²) in [6, 6.07) is 15.7. The number of nitrogens with one attached hydrogen (secondary N) is 1. The second kappa shape index (κ2) is 10.6. The van der Waals surface area contributed by atoms with Crippen LogP contribution in [-0.2, 0) is 0 Å². The SMILES string of the molecule is O=C(c1cc(Cl)nc(Cl)c1)N1CC[NH+](C(c2ccc(F)cc2)c2ccc(F)cc2)CC1.[Cl-]. The molecule has 3 aromatic rings. The van der Waals surface area contributed by atoms with E-state index in [1.807, 2.05) is 0 Å². The third-order valence-electron chi connectivity index (χ3n) is 5.52. The summed E-state index contributed by atoms with van der Waals surface area (Å²) in [6.45, 7) is 2.42. The monoisotopic (exact) mass is 497 g/mol. The first-order valence-electron chi connectivity index (χ1n) is 9.88. The van der Waals surface area contributed by atoms with Gasteiger partial charge in [0.2, 0.25) is 0 Å². The molecule has 0 atom stereocenters. The van der Waals surface area contributed by atoms with Gasteiger partial charge in [-0.2, -0.15) is 0 Å². The van der Waals surface area contributed by atoms with Gasteiger partial charge in [0, 0.05) is 16.7 Å². The molecule has 4 nitrogen and oxygen atoms in total. The van der Waals surface area contributed by atoms with Crippen LogP contribution < -0.4 is 17.3 Å². The van der Waals surface area contributed by atoms with Crippen molar-refractivity contribution in [3.63, 3.8) is 0 Å². The number of quaternary nitrogens is 1. The van der Waals surface area contributed by atoms with Crippen molar-refractivity contribution in [2.24, 2.45) is 0 Å². The Morgan fingerprint density at radius 3 is 1.75 bits per heavy atom. The van der Waals surface area contributed by atoms with Crippen LogP contribution in [-0.4, -0.2) is 42.0 Å². The molecule has 1 fully saturated rings. The molecule has 1 saturated heterocycles. The van der Waals surface area contributed by atoms with Gasteiger partial charge in [-0.3, -0.25) is 4.79 Å². The van der Waals surface area contributed by atoms with Crippen LogP contribution >= 0.6 is 23.2 Å².